The molecule has 0 saturated carbocycles. The first-order valence-electron chi connectivity index (χ1n) is 8.84. The molecule has 0 spiro atoms. The minimum atomic E-state index is -0.546. The maximum Gasteiger partial charge on any atom is 0.265 e. The van der Waals surface area contributed by atoms with Crippen LogP contribution in [-0.2, 0) is 17.6 Å². The van der Waals surface area contributed by atoms with E-state index in [1.165, 1.54) is 0 Å². The SMILES string of the molecule is CCc1cccc(CC)c1NC(=O)[C@H](CC)Oc1ccc(Cl)c(C)c1. The van der Waals surface area contributed by atoms with E-state index in [9.17, 15) is 4.79 Å². The summed E-state index contributed by atoms with van der Waals surface area (Å²) in [6.45, 7) is 8.05. The maximum atomic E-state index is 12.8. The van der Waals surface area contributed by atoms with Gasteiger partial charge < -0.3 is 10.1 Å². The lowest BCUT2D eigenvalue weighted by molar-refractivity contribution is -0.122. The summed E-state index contributed by atoms with van der Waals surface area (Å²) < 4.78 is 5.91. The molecule has 0 bridgehead atoms. The summed E-state index contributed by atoms with van der Waals surface area (Å²) in [5.74, 6) is 0.536. The molecule has 0 heterocycles. The fraction of sp³-hybridized carbons (Fsp3) is 0.381. The molecule has 2 aromatic rings. The van der Waals surface area contributed by atoms with Crippen LogP contribution in [0.5, 0.6) is 5.75 Å². The van der Waals surface area contributed by atoms with Crippen molar-refractivity contribution in [3.63, 3.8) is 0 Å². The van der Waals surface area contributed by atoms with Gasteiger partial charge in [-0.3, -0.25) is 4.79 Å². The number of benzene rings is 2. The molecule has 0 fully saturated rings. The van der Waals surface area contributed by atoms with E-state index in [1.54, 1.807) is 12.1 Å². The lowest BCUT2D eigenvalue weighted by Crippen LogP contribution is -2.33. The molecule has 2 rings (SSSR count). The van der Waals surface area contributed by atoms with Crippen LogP contribution in [0, 0.1) is 6.92 Å². The number of anilines is 1. The second kappa shape index (κ2) is 8.91. The first-order chi connectivity index (χ1) is 12.0. The zero-order valence-electron chi connectivity index (χ0n) is 15.4. The topological polar surface area (TPSA) is 38.3 Å². The number of ether oxygens (including phenoxy) is 1. The molecule has 134 valence electrons. The Morgan fingerprint density at radius 1 is 1.12 bits per heavy atom. The summed E-state index contributed by atoms with van der Waals surface area (Å²) in [6.07, 6.45) is 1.79. The molecule has 0 aliphatic carbocycles. The van der Waals surface area contributed by atoms with E-state index in [2.05, 4.69) is 31.3 Å². The van der Waals surface area contributed by atoms with Crippen LogP contribution >= 0.6 is 11.6 Å². The van der Waals surface area contributed by atoms with E-state index >= 15 is 0 Å². The Bertz CT molecular complexity index is 720. The van der Waals surface area contributed by atoms with Crippen molar-refractivity contribution in [1.29, 1.82) is 0 Å². The van der Waals surface area contributed by atoms with Crippen molar-refractivity contribution in [2.75, 3.05) is 5.32 Å². The van der Waals surface area contributed by atoms with Crippen molar-refractivity contribution in [3.05, 3.63) is 58.1 Å². The Hall–Kier alpha value is -2.00. The molecule has 4 heteroatoms. The molecule has 25 heavy (non-hydrogen) atoms. The van der Waals surface area contributed by atoms with Crippen molar-refractivity contribution in [2.24, 2.45) is 0 Å². The molecule has 0 unspecified atom stereocenters. The van der Waals surface area contributed by atoms with Crippen molar-refractivity contribution < 1.29 is 9.53 Å². The van der Waals surface area contributed by atoms with Gasteiger partial charge in [0, 0.05) is 10.7 Å². The third kappa shape index (κ3) is 4.76. The monoisotopic (exact) mass is 359 g/mol. The minimum Gasteiger partial charge on any atom is -0.481 e. The van der Waals surface area contributed by atoms with E-state index in [1.807, 2.05) is 26.0 Å². The standard InChI is InChI=1S/C21H26ClNO2/c1-5-15-9-8-10-16(6-2)20(15)23-21(24)19(7-3)25-17-11-12-18(22)14(4)13-17/h8-13,19H,5-7H2,1-4H3,(H,23,24)/t19-/m0/s1. The lowest BCUT2D eigenvalue weighted by atomic mass is 10.0. The first kappa shape index (κ1) is 19.3. The Morgan fingerprint density at radius 3 is 2.28 bits per heavy atom. The summed E-state index contributed by atoms with van der Waals surface area (Å²) in [6, 6.07) is 11.6. The highest BCUT2D eigenvalue weighted by molar-refractivity contribution is 6.31. The molecule has 0 radical (unpaired) electrons. The Labute approximate surface area is 155 Å². The second-order valence-corrected chi connectivity index (χ2v) is 6.48. The number of carbonyl (C=O) groups is 1. The lowest BCUT2D eigenvalue weighted by Gasteiger charge is -2.20. The molecule has 0 aromatic heterocycles. The van der Waals surface area contributed by atoms with E-state index in [-0.39, 0.29) is 5.91 Å². The van der Waals surface area contributed by atoms with Gasteiger partial charge in [0.15, 0.2) is 6.10 Å². The molecule has 3 nitrogen and oxygen atoms in total. The average Bonchev–Trinajstić information content (AvgIpc) is 2.62. The summed E-state index contributed by atoms with van der Waals surface area (Å²) in [5, 5.41) is 3.78. The predicted molar refractivity (Wildman–Crippen MR) is 105 cm³/mol. The molecule has 0 saturated heterocycles. The number of hydrogen-bond acceptors (Lipinski definition) is 2. The second-order valence-electron chi connectivity index (χ2n) is 6.07. The highest BCUT2D eigenvalue weighted by atomic mass is 35.5. The molecular formula is C21H26ClNO2. The fourth-order valence-electron chi connectivity index (χ4n) is 2.78. The first-order valence-corrected chi connectivity index (χ1v) is 9.22. The number of nitrogens with one attached hydrogen (secondary N) is 1. The van der Waals surface area contributed by atoms with Gasteiger partial charge in [-0.2, -0.15) is 0 Å². The van der Waals surface area contributed by atoms with Crippen molar-refractivity contribution in [3.8, 4) is 5.75 Å². The average molecular weight is 360 g/mol. The largest absolute Gasteiger partial charge is 0.481 e. The maximum absolute atomic E-state index is 12.8. The summed E-state index contributed by atoms with van der Waals surface area (Å²) in [7, 11) is 0. The molecule has 2 aromatic carbocycles. The van der Waals surface area contributed by atoms with E-state index in [0.717, 1.165) is 35.2 Å². The number of aryl methyl sites for hydroxylation is 3. The third-order valence-electron chi connectivity index (χ3n) is 4.32. The van der Waals surface area contributed by atoms with Crippen LogP contribution < -0.4 is 10.1 Å². The van der Waals surface area contributed by atoms with Gasteiger partial charge in [0.05, 0.1) is 0 Å². The minimum absolute atomic E-state index is 0.120. The molecule has 1 atom stereocenters. The van der Waals surface area contributed by atoms with Crippen molar-refractivity contribution >= 4 is 23.2 Å². The Balaban J connectivity index is 2.19. The van der Waals surface area contributed by atoms with Crippen LogP contribution in [-0.4, -0.2) is 12.0 Å². The summed E-state index contributed by atoms with van der Waals surface area (Å²) >= 11 is 6.05. The van der Waals surface area contributed by atoms with Gasteiger partial charge in [-0.05, 0) is 61.1 Å². The zero-order chi connectivity index (χ0) is 18.4. The zero-order valence-corrected chi connectivity index (χ0v) is 16.1. The molecule has 0 aliphatic heterocycles. The molecule has 0 aliphatic rings. The van der Waals surface area contributed by atoms with Crippen molar-refractivity contribution in [1.82, 2.24) is 0 Å². The quantitative estimate of drug-likeness (QED) is 0.701. The third-order valence-corrected chi connectivity index (χ3v) is 4.74. The van der Waals surface area contributed by atoms with E-state index in [4.69, 9.17) is 16.3 Å². The number of carbonyl (C=O) groups excluding carboxylic acids is 1. The molecule has 1 N–H and O–H groups in total. The number of amides is 1. The van der Waals surface area contributed by atoms with Gasteiger partial charge in [-0.1, -0.05) is 50.6 Å². The van der Waals surface area contributed by atoms with Gasteiger partial charge in [-0.15, -0.1) is 0 Å². The van der Waals surface area contributed by atoms with Crippen LogP contribution in [0.3, 0.4) is 0 Å². The van der Waals surface area contributed by atoms with Gasteiger partial charge in [0.2, 0.25) is 0 Å². The number of para-hydroxylation sites is 1. The smallest absolute Gasteiger partial charge is 0.265 e. The normalized spacial score (nSPS) is 11.9. The van der Waals surface area contributed by atoms with Gasteiger partial charge in [0.1, 0.15) is 5.75 Å². The fourth-order valence-corrected chi connectivity index (χ4v) is 2.90. The Kier molecular flexibility index (Phi) is 6.89. The Morgan fingerprint density at radius 2 is 1.76 bits per heavy atom. The van der Waals surface area contributed by atoms with Crippen LogP contribution in [0.4, 0.5) is 5.69 Å². The summed E-state index contributed by atoms with van der Waals surface area (Å²) in [5.41, 5.74) is 4.14. The highest BCUT2D eigenvalue weighted by Gasteiger charge is 2.20. The van der Waals surface area contributed by atoms with Crippen molar-refractivity contribution in [2.45, 2.75) is 53.1 Å². The van der Waals surface area contributed by atoms with Crippen LogP contribution in [0.2, 0.25) is 5.02 Å². The van der Waals surface area contributed by atoms with Crippen LogP contribution in [0.25, 0.3) is 0 Å². The van der Waals surface area contributed by atoms with Crippen LogP contribution in [0.1, 0.15) is 43.9 Å². The highest BCUT2D eigenvalue weighted by Crippen LogP contribution is 2.25. The number of halogens is 1. The number of hydrogen-bond donors (Lipinski definition) is 1. The predicted octanol–water partition coefficient (Wildman–Crippen LogP) is 5.57. The number of rotatable bonds is 7. The van der Waals surface area contributed by atoms with Gasteiger partial charge >= 0.3 is 0 Å². The van der Waals surface area contributed by atoms with Crippen LogP contribution in [0.15, 0.2) is 36.4 Å². The molecular weight excluding hydrogens is 334 g/mol. The van der Waals surface area contributed by atoms with E-state index < -0.39 is 6.10 Å². The van der Waals surface area contributed by atoms with Gasteiger partial charge in [0.25, 0.3) is 5.91 Å². The van der Waals surface area contributed by atoms with E-state index in [0.29, 0.717) is 17.2 Å². The van der Waals surface area contributed by atoms with Gasteiger partial charge in [-0.25, -0.2) is 0 Å². The molecule has 1 amide bonds. The summed E-state index contributed by atoms with van der Waals surface area (Å²) in [4.78, 5) is 12.8.